The van der Waals surface area contributed by atoms with Crippen molar-refractivity contribution in [3.63, 3.8) is 0 Å². The third kappa shape index (κ3) is 1.92. The molecule has 2 aromatic rings. The van der Waals surface area contributed by atoms with E-state index in [0.29, 0.717) is 11.1 Å². The van der Waals surface area contributed by atoms with Crippen molar-refractivity contribution in [1.82, 2.24) is 4.57 Å². The Balaban J connectivity index is 2.28. The van der Waals surface area contributed by atoms with Gasteiger partial charge in [0.2, 0.25) is 0 Å². The Hall–Kier alpha value is -1.50. The summed E-state index contributed by atoms with van der Waals surface area (Å²) in [5.74, 6) is 0. The maximum absolute atomic E-state index is 9.39. The first kappa shape index (κ1) is 12.5. The fourth-order valence-electron chi connectivity index (χ4n) is 2.99. The Morgan fingerprint density at radius 2 is 2.11 bits per heavy atom. The van der Waals surface area contributed by atoms with Crippen molar-refractivity contribution in [3.8, 4) is 6.07 Å². The van der Waals surface area contributed by atoms with E-state index in [1.54, 1.807) is 0 Å². The molecule has 0 spiro atoms. The number of nitriles is 1. The zero-order valence-corrected chi connectivity index (χ0v) is 11.6. The Morgan fingerprint density at radius 1 is 1.37 bits per heavy atom. The number of para-hydroxylation sites is 1. The molecule has 0 N–H and O–H groups in total. The number of halogens is 1. The highest BCUT2D eigenvalue weighted by atomic mass is 35.5. The molecular weight excluding hydrogens is 260 g/mol. The van der Waals surface area contributed by atoms with Crippen LogP contribution in [-0.4, -0.2) is 17.8 Å². The summed E-state index contributed by atoms with van der Waals surface area (Å²) < 4.78 is 7.66. The standard InChI is InChI=1S/C15H15ClN2O/c1-10-13(9-17)12-3-2-4-14(16)15(12)18(10)11-5-7-19-8-6-11/h2-4,11H,5-8H2,1H3. The van der Waals surface area contributed by atoms with Crippen LogP contribution >= 0.6 is 11.6 Å². The smallest absolute Gasteiger partial charge is 0.102 e. The molecule has 19 heavy (non-hydrogen) atoms. The number of aromatic nitrogens is 1. The first-order chi connectivity index (χ1) is 9.24. The summed E-state index contributed by atoms with van der Waals surface area (Å²) in [6.45, 7) is 3.55. The lowest BCUT2D eigenvalue weighted by molar-refractivity contribution is 0.0703. The molecule has 1 aliphatic rings. The number of fused-ring (bicyclic) bond motifs is 1. The highest BCUT2D eigenvalue weighted by Gasteiger charge is 2.23. The summed E-state index contributed by atoms with van der Waals surface area (Å²) >= 11 is 6.36. The molecule has 2 heterocycles. The van der Waals surface area contributed by atoms with E-state index in [4.69, 9.17) is 16.3 Å². The van der Waals surface area contributed by atoms with Crippen molar-refractivity contribution >= 4 is 22.5 Å². The number of benzene rings is 1. The van der Waals surface area contributed by atoms with Crippen LogP contribution in [0.2, 0.25) is 5.02 Å². The average molecular weight is 275 g/mol. The highest BCUT2D eigenvalue weighted by molar-refractivity contribution is 6.35. The van der Waals surface area contributed by atoms with E-state index in [2.05, 4.69) is 10.6 Å². The first-order valence-corrected chi connectivity index (χ1v) is 6.88. The molecule has 0 saturated carbocycles. The second kappa shape index (κ2) is 4.88. The molecule has 4 heteroatoms. The summed E-state index contributed by atoms with van der Waals surface area (Å²) in [4.78, 5) is 0. The van der Waals surface area contributed by atoms with Gasteiger partial charge in [-0.05, 0) is 25.8 Å². The minimum Gasteiger partial charge on any atom is -0.381 e. The van der Waals surface area contributed by atoms with Crippen LogP contribution in [0.5, 0.6) is 0 Å². The van der Waals surface area contributed by atoms with Gasteiger partial charge < -0.3 is 9.30 Å². The molecule has 0 atom stereocenters. The van der Waals surface area contributed by atoms with Crippen LogP contribution in [0.25, 0.3) is 10.9 Å². The van der Waals surface area contributed by atoms with Gasteiger partial charge >= 0.3 is 0 Å². The van der Waals surface area contributed by atoms with Crippen LogP contribution in [0.3, 0.4) is 0 Å². The van der Waals surface area contributed by atoms with Gasteiger partial charge in [-0.1, -0.05) is 23.7 Å². The molecule has 1 aromatic carbocycles. The van der Waals surface area contributed by atoms with E-state index < -0.39 is 0 Å². The van der Waals surface area contributed by atoms with Gasteiger partial charge in [0.15, 0.2) is 0 Å². The molecule has 0 aliphatic carbocycles. The fourth-order valence-corrected chi connectivity index (χ4v) is 3.25. The Kier molecular flexibility index (Phi) is 3.22. The molecule has 0 unspecified atom stereocenters. The van der Waals surface area contributed by atoms with Gasteiger partial charge in [0.05, 0.1) is 16.1 Å². The van der Waals surface area contributed by atoms with E-state index in [0.717, 1.165) is 48.2 Å². The maximum Gasteiger partial charge on any atom is 0.102 e. The lowest BCUT2D eigenvalue weighted by Crippen LogP contribution is -2.20. The minimum absolute atomic E-state index is 0.373. The van der Waals surface area contributed by atoms with Crippen molar-refractivity contribution in [1.29, 1.82) is 5.26 Å². The first-order valence-electron chi connectivity index (χ1n) is 6.51. The normalized spacial score (nSPS) is 16.7. The van der Waals surface area contributed by atoms with Crippen molar-refractivity contribution in [2.75, 3.05) is 13.2 Å². The molecule has 3 nitrogen and oxygen atoms in total. The molecule has 0 amide bonds. The minimum atomic E-state index is 0.373. The van der Waals surface area contributed by atoms with Crippen LogP contribution in [0.15, 0.2) is 18.2 Å². The lowest BCUT2D eigenvalue weighted by Gasteiger charge is -2.26. The number of rotatable bonds is 1. The Bertz CT molecular complexity index is 663. The molecule has 98 valence electrons. The molecule has 0 bridgehead atoms. The van der Waals surface area contributed by atoms with Gasteiger partial charge in [-0.15, -0.1) is 0 Å². The van der Waals surface area contributed by atoms with E-state index in [1.165, 1.54) is 0 Å². The molecule has 1 saturated heterocycles. The Labute approximate surface area is 117 Å². The summed E-state index contributed by atoms with van der Waals surface area (Å²) in [6, 6.07) is 8.45. The van der Waals surface area contributed by atoms with Crippen molar-refractivity contribution in [2.45, 2.75) is 25.8 Å². The third-order valence-corrected chi connectivity index (χ3v) is 4.19. The largest absolute Gasteiger partial charge is 0.381 e. The lowest BCUT2D eigenvalue weighted by atomic mass is 10.1. The fraction of sp³-hybridized carbons (Fsp3) is 0.400. The number of hydrogen-bond acceptors (Lipinski definition) is 2. The van der Waals surface area contributed by atoms with Crippen molar-refractivity contribution in [2.24, 2.45) is 0 Å². The summed E-state index contributed by atoms with van der Waals surface area (Å²) in [5, 5.41) is 11.1. The van der Waals surface area contributed by atoms with Gasteiger partial charge in [0.25, 0.3) is 0 Å². The number of hydrogen-bond donors (Lipinski definition) is 0. The van der Waals surface area contributed by atoms with Crippen LogP contribution in [0.4, 0.5) is 0 Å². The SMILES string of the molecule is Cc1c(C#N)c2cccc(Cl)c2n1C1CCOCC1. The van der Waals surface area contributed by atoms with Crippen molar-refractivity contribution in [3.05, 3.63) is 34.5 Å². The van der Waals surface area contributed by atoms with Gasteiger partial charge in [-0.3, -0.25) is 0 Å². The molecule has 1 aliphatic heterocycles. The van der Waals surface area contributed by atoms with E-state index in [-0.39, 0.29) is 0 Å². The van der Waals surface area contributed by atoms with E-state index >= 15 is 0 Å². The van der Waals surface area contributed by atoms with Gasteiger partial charge in [0.1, 0.15) is 6.07 Å². The molecular formula is C15H15ClN2O. The summed E-state index contributed by atoms with van der Waals surface area (Å²) in [6.07, 6.45) is 1.95. The van der Waals surface area contributed by atoms with Crippen LogP contribution in [0, 0.1) is 18.3 Å². The van der Waals surface area contributed by atoms with Crippen molar-refractivity contribution < 1.29 is 4.74 Å². The molecule has 1 fully saturated rings. The molecule has 3 rings (SSSR count). The third-order valence-electron chi connectivity index (χ3n) is 3.89. The van der Waals surface area contributed by atoms with Crippen LogP contribution in [0.1, 0.15) is 30.1 Å². The second-order valence-electron chi connectivity index (χ2n) is 4.92. The molecule has 0 radical (unpaired) electrons. The number of ether oxygens (including phenoxy) is 1. The predicted octanol–water partition coefficient (Wildman–Crippen LogP) is 3.83. The topological polar surface area (TPSA) is 38.0 Å². The van der Waals surface area contributed by atoms with Gasteiger partial charge in [-0.2, -0.15) is 5.26 Å². The van der Waals surface area contributed by atoms with Crippen LogP contribution < -0.4 is 0 Å². The monoisotopic (exact) mass is 274 g/mol. The Morgan fingerprint density at radius 3 is 2.79 bits per heavy atom. The zero-order chi connectivity index (χ0) is 13.4. The maximum atomic E-state index is 9.39. The van der Waals surface area contributed by atoms with E-state index in [9.17, 15) is 5.26 Å². The number of nitrogens with zero attached hydrogens (tertiary/aromatic N) is 2. The molecule has 1 aromatic heterocycles. The quantitative estimate of drug-likeness (QED) is 0.793. The van der Waals surface area contributed by atoms with Gasteiger partial charge in [-0.25, -0.2) is 0 Å². The zero-order valence-electron chi connectivity index (χ0n) is 10.8. The summed E-state index contributed by atoms with van der Waals surface area (Å²) in [5.41, 5.74) is 2.74. The highest BCUT2D eigenvalue weighted by Crippen LogP contribution is 2.36. The average Bonchev–Trinajstić information content (AvgIpc) is 2.73. The summed E-state index contributed by atoms with van der Waals surface area (Å²) in [7, 11) is 0. The van der Waals surface area contributed by atoms with Crippen LogP contribution in [-0.2, 0) is 4.74 Å². The predicted molar refractivity (Wildman–Crippen MR) is 75.5 cm³/mol. The second-order valence-corrected chi connectivity index (χ2v) is 5.33. The van der Waals surface area contributed by atoms with Gasteiger partial charge in [0, 0.05) is 30.3 Å². The van der Waals surface area contributed by atoms with E-state index in [1.807, 2.05) is 25.1 Å².